The fourth-order valence-electron chi connectivity index (χ4n) is 2.25. The first-order valence-corrected chi connectivity index (χ1v) is 6.06. The predicted octanol–water partition coefficient (Wildman–Crippen LogP) is 2.79. The number of aldehydes is 1. The molecule has 2 rings (SSSR count). The van der Waals surface area contributed by atoms with Crippen LogP contribution >= 0.6 is 0 Å². The Balaban J connectivity index is 2.38. The van der Waals surface area contributed by atoms with Gasteiger partial charge in [-0.3, -0.25) is 0 Å². The third-order valence-corrected chi connectivity index (χ3v) is 3.15. The Hall–Kier alpha value is -1.51. The van der Waals surface area contributed by atoms with Crippen molar-refractivity contribution < 1.29 is 14.3 Å². The van der Waals surface area contributed by atoms with Gasteiger partial charge in [-0.2, -0.15) is 0 Å². The maximum absolute atomic E-state index is 10.8. The van der Waals surface area contributed by atoms with Gasteiger partial charge in [0.1, 0.15) is 19.5 Å². The molecule has 3 nitrogen and oxygen atoms in total. The first kappa shape index (κ1) is 12.0. The third-order valence-electron chi connectivity index (χ3n) is 3.15. The highest BCUT2D eigenvalue weighted by atomic mass is 16.6. The molecule has 0 bridgehead atoms. The normalized spacial score (nSPS) is 15.7. The Morgan fingerprint density at radius 2 is 2.06 bits per heavy atom. The van der Waals surface area contributed by atoms with Crippen molar-refractivity contribution in [1.82, 2.24) is 0 Å². The van der Waals surface area contributed by atoms with Crippen LogP contribution in [0.25, 0.3) is 0 Å². The van der Waals surface area contributed by atoms with Crippen molar-refractivity contribution in [2.45, 2.75) is 26.2 Å². The van der Waals surface area contributed by atoms with Crippen molar-refractivity contribution in [1.29, 1.82) is 0 Å². The van der Waals surface area contributed by atoms with Crippen LogP contribution in [0.1, 0.15) is 31.7 Å². The van der Waals surface area contributed by atoms with Crippen LogP contribution < -0.4 is 9.47 Å². The van der Waals surface area contributed by atoms with E-state index in [1.165, 1.54) is 0 Å². The van der Waals surface area contributed by atoms with Crippen LogP contribution in [0.15, 0.2) is 18.2 Å². The van der Waals surface area contributed by atoms with Gasteiger partial charge in [-0.25, -0.2) is 0 Å². The summed E-state index contributed by atoms with van der Waals surface area (Å²) in [7, 11) is 0. The zero-order valence-corrected chi connectivity index (χ0v) is 10.3. The lowest BCUT2D eigenvalue weighted by molar-refractivity contribution is -0.108. The number of ether oxygens (including phenoxy) is 2. The topological polar surface area (TPSA) is 35.5 Å². The van der Waals surface area contributed by atoms with Gasteiger partial charge in [0.15, 0.2) is 11.5 Å². The summed E-state index contributed by atoms with van der Waals surface area (Å²) in [6.45, 7) is 5.42. The molecule has 1 unspecified atom stereocenters. The lowest BCUT2D eigenvalue weighted by Crippen LogP contribution is -2.18. The maximum atomic E-state index is 10.8. The largest absolute Gasteiger partial charge is 0.486 e. The van der Waals surface area contributed by atoms with Gasteiger partial charge in [-0.05, 0) is 17.9 Å². The Bertz CT molecular complexity index is 398. The molecule has 92 valence electrons. The molecule has 0 spiro atoms. The van der Waals surface area contributed by atoms with Crippen LogP contribution in [0.5, 0.6) is 11.5 Å². The Morgan fingerprint density at radius 1 is 1.29 bits per heavy atom. The Labute approximate surface area is 102 Å². The van der Waals surface area contributed by atoms with Crippen molar-refractivity contribution in [3.05, 3.63) is 23.8 Å². The molecular weight excluding hydrogens is 216 g/mol. The van der Waals surface area contributed by atoms with Crippen LogP contribution in [0.2, 0.25) is 0 Å². The van der Waals surface area contributed by atoms with Crippen LogP contribution in [-0.4, -0.2) is 19.5 Å². The molecule has 0 aromatic heterocycles. The van der Waals surface area contributed by atoms with Crippen LogP contribution in [0.4, 0.5) is 0 Å². The first-order valence-electron chi connectivity index (χ1n) is 6.06. The summed E-state index contributed by atoms with van der Waals surface area (Å²) in [6, 6.07) is 5.90. The van der Waals surface area contributed by atoms with Crippen molar-refractivity contribution in [2.24, 2.45) is 5.92 Å². The zero-order chi connectivity index (χ0) is 12.3. The first-order chi connectivity index (χ1) is 8.24. The second-order valence-electron chi connectivity index (χ2n) is 4.62. The molecule has 1 aromatic carbocycles. The van der Waals surface area contributed by atoms with E-state index in [2.05, 4.69) is 13.8 Å². The number of carbonyl (C=O) groups excluding carboxylic acids is 1. The van der Waals surface area contributed by atoms with E-state index >= 15 is 0 Å². The molecule has 1 atom stereocenters. The average Bonchev–Trinajstić information content (AvgIpc) is 2.35. The average molecular weight is 234 g/mol. The fraction of sp³-hybridized carbons (Fsp3) is 0.500. The Kier molecular flexibility index (Phi) is 3.67. The third kappa shape index (κ3) is 2.43. The SMILES string of the molecule is CC(C)C(CC=O)c1cccc2c1OCCO2. The minimum Gasteiger partial charge on any atom is -0.486 e. The number of hydrogen-bond donors (Lipinski definition) is 0. The molecule has 1 aliphatic heterocycles. The van der Waals surface area contributed by atoms with Gasteiger partial charge >= 0.3 is 0 Å². The van der Waals surface area contributed by atoms with E-state index in [4.69, 9.17) is 9.47 Å². The maximum Gasteiger partial charge on any atom is 0.164 e. The summed E-state index contributed by atoms with van der Waals surface area (Å²) >= 11 is 0. The number of carbonyl (C=O) groups is 1. The molecule has 0 fully saturated rings. The molecule has 0 radical (unpaired) electrons. The van der Waals surface area contributed by atoms with E-state index in [1.54, 1.807) is 0 Å². The van der Waals surface area contributed by atoms with Crippen molar-refractivity contribution in [2.75, 3.05) is 13.2 Å². The van der Waals surface area contributed by atoms with Gasteiger partial charge in [0.25, 0.3) is 0 Å². The number of fused-ring (bicyclic) bond motifs is 1. The van der Waals surface area contributed by atoms with Crippen LogP contribution in [0.3, 0.4) is 0 Å². The predicted molar refractivity (Wildman–Crippen MR) is 65.7 cm³/mol. The van der Waals surface area contributed by atoms with Crippen molar-refractivity contribution in [3.8, 4) is 11.5 Å². The highest BCUT2D eigenvalue weighted by Crippen LogP contribution is 2.41. The van der Waals surface area contributed by atoms with Gasteiger partial charge < -0.3 is 14.3 Å². The van der Waals surface area contributed by atoms with Gasteiger partial charge in [-0.1, -0.05) is 26.0 Å². The number of hydrogen-bond acceptors (Lipinski definition) is 3. The van der Waals surface area contributed by atoms with E-state index in [-0.39, 0.29) is 5.92 Å². The van der Waals surface area contributed by atoms with Crippen molar-refractivity contribution >= 4 is 6.29 Å². The fourth-order valence-corrected chi connectivity index (χ4v) is 2.25. The number of rotatable bonds is 4. The van der Waals surface area contributed by atoms with Gasteiger partial charge in [0.2, 0.25) is 0 Å². The highest BCUT2D eigenvalue weighted by Gasteiger charge is 2.23. The van der Waals surface area contributed by atoms with E-state index in [9.17, 15) is 4.79 Å². The molecule has 0 saturated carbocycles. The quantitative estimate of drug-likeness (QED) is 0.751. The number of para-hydroxylation sites is 1. The van der Waals surface area contributed by atoms with Crippen LogP contribution in [-0.2, 0) is 4.79 Å². The molecular formula is C14H18O3. The highest BCUT2D eigenvalue weighted by molar-refractivity contribution is 5.55. The van der Waals surface area contributed by atoms with E-state index in [0.29, 0.717) is 25.6 Å². The minimum absolute atomic E-state index is 0.198. The van der Waals surface area contributed by atoms with E-state index in [1.807, 2.05) is 18.2 Å². The lowest BCUT2D eigenvalue weighted by atomic mass is 9.85. The summed E-state index contributed by atoms with van der Waals surface area (Å²) in [6.07, 6.45) is 1.51. The molecule has 1 aliphatic rings. The summed E-state index contributed by atoms with van der Waals surface area (Å²) in [5.41, 5.74) is 1.09. The second-order valence-corrected chi connectivity index (χ2v) is 4.62. The second kappa shape index (κ2) is 5.21. The van der Waals surface area contributed by atoms with E-state index < -0.39 is 0 Å². The summed E-state index contributed by atoms with van der Waals surface area (Å²) < 4.78 is 11.2. The molecule has 0 amide bonds. The molecule has 0 N–H and O–H groups in total. The monoisotopic (exact) mass is 234 g/mol. The molecule has 1 heterocycles. The van der Waals surface area contributed by atoms with Crippen LogP contribution in [0, 0.1) is 5.92 Å². The summed E-state index contributed by atoms with van der Waals surface area (Å²) in [5, 5.41) is 0. The summed E-state index contributed by atoms with van der Waals surface area (Å²) in [5.74, 6) is 2.21. The molecule has 1 aromatic rings. The van der Waals surface area contributed by atoms with Gasteiger partial charge in [0.05, 0.1) is 0 Å². The van der Waals surface area contributed by atoms with Crippen molar-refractivity contribution in [3.63, 3.8) is 0 Å². The molecule has 3 heteroatoms. The molecule has 0 saturated heterocycles. The smallest absolute Gasteiger partial charge is 0.164 e. The lowest BCUT2D eigenvalue weighted by Gasteiger charge is -2.26. The van der Waals surface area contributed by atoms with Gasteiger partial charge in [-0.15, -0.1) is 0 Å². The Morgan fingerprint density at radius 3 is 2.76 bits per heavy atom. The molecule has 0 aliphatic carbocycles. The minimum atomic E-state index is 0.198. The van der Waals surface area contributed by atoms with Gasteiger partial charge in [0, 0.05) is 12.0 Å². The summed E-state index contributed by atoms with van der Waals surface area (Å²) in [4.78, 5) is 10.8. The standard InChI is InChI=1S/C14H18O3/c1-10(2)11(6-7-15)12-4-3-5-13-14(12)17-9-8-16-13/h3-5,7,10-11H,6,8-9H2,1-2H3. The number of benzene rings is 1. The van der Waals surface area contributed by atoms with E-state index in [0.717, 1.165) is 23.3 Å². The molecule has 17 heavy (non-hydrogen) atoms. The zero-order valence-electron chi connectivity index (χ0n) is 10.3.